The molecule has 8 heteroatoms. The summed E-state index contributed by atoms with van der Waals surface area (Å²) >= 11 is 9.26. The number of ether oxygens (including phenoxy) is 2. The fraction of sp³-hybridized carbons (Fsp3) is 0.333. The number of hydrogen-bond donors (Lipinski definition) is 1. The minimum absolute atomic E-state index is 0.0408. The Morgan fingerprint density at radius 3 is 2.69 bits per heavy atom. The Balaban J connectivity index is 1.95. The maximum Gasteiger partial charge on any atom is 0.233 e. The van der Waals surface area contributed by atoms with Crippen molar-refractivity contribution in [3.8, 4) is 11.5 Å². The van der Waals surface area contributed by atoms with Gasteiger partial charge in [-0.1, -0.05) is 34.1 Å². The maximum atomic E-state index is 13.3. The van der Waals surface area contributed by atoms with Crippen molar-refractivity contribution in [2.24, 2.45) is 5.92 Å². The molecule has 152 valence electrons. The average Bonchev–Trinajstić information content (AvgIpc) is 2.66. The lowest BCUT2D eigenvalue weighted by Gasteiger charge is -2.56. The van der Waals surface area contributed by atoms with Gasteiger partial charge in [0.1, 0.15) is 5.92 Å². The molecule has 1 fully saturated rings. The molecule has 1 amide bonds. The number of fused-ring (bicyclic) bond motifs is 4. The minimum Gasteiger partial charge on any atom is -0.493 e. The SMILES string of the molecule is COc1cccc2c1O[C@@]1(C)[C@@H](C(=O)N(C)C)[C@H]2NC(=S)N1c1cccc(Br)c1. The van der Waals surface area contributed by atoms with Crippen molar-refractivity contribution >= 4 is 44.9 Å². The predicted octanol–water partition coefficient (Wildman–Crippen LogP) is 3.71. The molecule has 6 nitrogen and oxygen atoms in total. The molecule has 2 aromatic rings. The standard InChI is InChI=1S/C21H22BrN3O3S/c1-21-16(19(26)24(2)3)17(14-9-6-10-15(27-4)18(14)28-21)23-20(29)25(21)13-8-5-7-12(22)11-13/h5-11,16-17H,1-4H3,(H,23,29)/t16-,17+,21+/m1/s1. The quantitative estimate of drug-likeness (QED) is 0.682. The first-order chi connectivity index (χ1) is 13.8. The number of benzene rings is 2. The number of methoxy groups -OCH3 is 1. The van der Waals surface area contributed by atoms with Crippen LogP contribution in [0.25, 0.3) is 0 Å². The number of para-hydroxylation sites is 1. The van der Waals surface area contributed by atoms with E-state index in [0.29, 0.717) is 16.6 Å². The third-order valence-electron chi connectivity index (χ3n) is 5.48. The zero-order chi connectivity index (χ0) is 20.9. The fourth-order valence-electron chi connectivity index (χ4n) is 4.19. The zero-order valence-corrected chi connectivity index (χ0v) is 19.0. The normalized spacial score (nSPS) is 24.9. The second-order valence-electron chi connectivity index (χ2n) is 7.49. The van der Waals surface area contributed by atoms with Crippen LogP contribution >= 0.6 is 28.1 Å². The van der Waals surface area contributed by atoms with Crippen LogP contribution in [0.15, 0.2) is 46.9 Å². The molecular formula is C21H22BrN3O3S. The summed E-state index contributed by atoms with van der Waals surface area (Å²) < 4.78 is 13.0. The highest BCUT2D eigenvalue weighted by atomic mass is 79.9. The summed E-state index contributed by atoms with van der Waals surface area (Å²) in [6, 6.07) is 13.1. The molecule has 1 saturated heterocycles. The van der Waals surface area contributed by atoms with E-state index >= 15 is 0 Å². The molecule has 29 heavy (non-hydrogen) atoms. The fourth-order valence-corrected chi connectivity index (χ4v) is 4.99. The van der Waals surface area contributed by atoms with E-state index < -0.39 is 11.6 Å². The second kappa shape index (κ2) is 7.18. The minimum atomic E-state index is -1.04. The highest BCUT2D eigenvalue weighted by Gasteiger charge is 2.59. The summed E-state index contributed by atoms with van der Waals surface area (Å²) in [5.74, 6) is 0.683. The van der Waals surface area contributed by atoms with E-state index in [9.17, 15) is 4.79 Å². The van der Waals surface area contributed by atoms with Gasteiger partial charge >= 0.3 is 0 Å². The van der Waals surface area contributed by atoms with Gasteiger partial charge in [-0.2, -0.15) is 0 Å². The molecule has 1 N–H and O–H groups in total. The van der Waals surface area contributed by atoms with E-state index in [4.69, 9.17) is 21.7 Å². The molecule has 2 aromatic carbocycles. The van der Waals surface area contributed by atoms with Crippen LogP contribution < -0.4 is 19.7 Å². The molecule has 0 aromatic heterocycles. The number of rotatable bonds is 3. The van der Waals surface area contributed by atoms with Gasteiger partial charge < -0.3 is 19.7 Å². The van der Waals surface area contributed by atoms with Crippen LogP contribution in [-0.4, -0.2) is 42.8 Å². The summed E-state index contributed by atoms with van der Waals surface area (Å²) in [4.78, 5) is 16.8. The first-order valence-corrected chi connectivity index (χ1v) is 10.4. The van der Waals surface area contributed by atoms with Crippen LogP contribution in [0.4, 0.5) is 5.69 Å². The molecule has 0 spiro atoms. The van der Waals surface area contributed by atoms with Crippen LogP contribution in [-0.2, 0) is 4.79 Å². The lowest BCUT2D eigenvalue weighted by molar-refractivity contribution is -0.144. The van der Waals surface area contributed by atoms with Gasteiger partial charge in [0, 0.05) is 29.8 Å². The molecule has 2 heterocycles. The number of carbonyl (C=O) groups is 1. The molecule has 0 saturated carbocycles. The number of nitrogens with one attached hydrogen (secondary N) is 1. The largest absolute Gasteiger partial charge is 0.493 e. The number of anilines is 1. The molecule has 2 aliphatic rings. The smallest absolute Gasteiger partial charge is 0.233 e. The molecule has 0 unspecified atom stereocenters. The zero-order valence-electron chi connectivity index (χ0n) is 16.6. The number of carbonyl (C=O) groups excluding carboxylic acids is 1. The Morgan fingerprint density at radius 2 is 2.03 bits per heavy atom. The number of thiocarbonyl (C=S) groups is 1. The highest BCUT2D eigenvalue weighted by Crippen LogP contribution is 2.52. The van der Waals surface area contributed by atoms with Crippen molar-refractivity contribution in [2.75, 3.05) is 26.1 Å². The lowest BCUT2D eigenvalue weighted by Crippen LogP contribution is -2.72. The average molecular weight is 476 g/mol. The molecule has 3 atom stereocenters. The van der Waals surface area contributed by atoms with E-state index in [2.05, 4.69) is 21.2 Å². The first-order valence-electron chi connectivity index (χ1n) is 9.21. The van der Waals surface area contributed by atoms with E-state index in [1.807, 2.05) is 54.3 Å². The van der Waals surface area contributed by atoms with Crippen molar-refractivity contribution in [3.05, 3.63) is 52.5 Å². The third kappa shape index (κ3) is 3.05. The molecule has 4 rings (SSSR count). The first kappa shape index (κ1) is 20.0. The van der Waals surface area contributed by atoms with Gasteiger partial charge in [-0.05, 0) is 43.4 Å². The maximum absolute atomic E-state index is 13.3. The van der Waals surface area contributed by atoms with Gasteiger partial charge in [0.25, 0.3) is 0 Å². The molecule has 0 radical (unpaired) electrons. The monoisotopic (exact) mass is 475 g/mol. The van der Waals surface area contributed by atoms with Crippen molar-refractivity contribution in [2.45, 2.75) is 18.7 Å². The van der Waals surface area contributed by atoms with Crippen LogP contribution in [0.2, 0.25) is 0 Å². The van der Waals surface area contributed by atoms with Gasteiger partial charge in [0.15, 0.2) is 22.3 Å². The number of amides is 1. The van der Waals surface area contributed by atoms with Crippen molar-refractivity contribution < 1.29 is 14.3 Å². The van der Waals surface area contributed by atoms with Crippen molar-refractivity contribution in [1.82, 2.24) is 10.2 Å². The van der Waals surface area contributed by atoms with Gasteiger partial charge in [-0.15, -0.1) is 0 Å². The Bertz CT molecular complexity index is 999. The molecule has 2 bridgehead atoms. The summed E-state index contributed by atoms with van der Waals surface area (Å²) in [6.45, 7) is 1.91. The number of halogens is 1. The third-order valence-corrected chi connectivity index (χ3v) is 6.28. The summed E-state index contributed by atoms with van der Waals surface area (Å²) in [6.07, 6.45) is 0. The summed E-state index contributed by atoms with van der Waals surface area (Å²) in [5, 5.41) is 3.90. The summed E-state index contributed by atoms with van der Waals surface area (Å²) in [5.41, 5.74) is 0.641. The molecular weight excluding hydrogens is 454 g/mol. The van der Waals surface area contributed by atoms with E-state index in [1.165, 1.54) is 0 Å². The van der Waals surface area contributed by atoms with Gasteiger partial charge in [-0.25, -0.2) is 0 Å². The highest BCUT2D eigenvalue weighted by molar-refractivity contribution is 9.10. The van der Waals surface area contributed by atoms with Crippen molar-refractivity contribution in [3.63, 3.8) is 0 Å². The Morgan fingerprint density at radius 1 is 1.31 bits per heavy atom. The Kier molecular flexibility index (Phi) is 4.94. The molecule has 2 aliphatic heterocycles. The number of hydrogen-bond acceptors (Lipinski definition) is 4. The van der Waals surface area contributed by atoms with Crippen molar-refractivity contribution in [1.29, 1.82) is 0 Å². The predicted molar refractivity (Wildman–Crippen MR) is 119 cm³/mol. The Labute approximate surface area is 183 Å². The summed E-state index contributed by atoms with van der Waals surface area (Å²) in [7, 11) is 5.12. The van der Waals surface area contributed by atoms with Gasteiger partial charge in [-0.3, -0.25) is 9.69 Å². The Hall–Kier alpha value is -2.32. The van der Waals surface area contributed by atoms with Gasteiger partial charge in [0.2, 0.25) is 5.91 Å². The van der Waals surface area contributed by atoms with Gasteiger partial charge in [0.05, 0.1) is 13.2 Å². The van der Waals surface area contributed by atoms with Crippen LogP contribution in [0.5, 0.6) is 11.5 Å². The number of nitrogens with zero attached hydrogens (tertiary/aromatic N) is 2. The van der Waals surface area contributed by atoms with E-state index in [0.717, 1.165) is 15.7 Å². The second-order valence-corrected chi connectivity index (χ2v) is 8.79. The van der Waals surface area contributed by atoms with E-state index in [1.54, 1.807) is 26.1 Å². The topological polar surface area (TPSA) is 54.0 Å². The molecule has 0 aliphatic carbocycles. The van der Waals surface area contributed by atoms with Crippen LogP contribution in [0.1, 0.15) is 18.5 Å². The van der Waals surface area contributed by atoms with E-state index in [-0.39, 0.29) is 11.9 Å². The van der Waals surface area contributed by atoms with Crippen LogP contribution in [0, 0.1) is 5.92 Å². The lowest BCUT2D eigenvalue weighted by atomic mass is 9.78. The van der Waals surface area contributed by atoms with Crippen LogP contribution in [0.3, 0.4) is 0 Å².